The first kappa shape index (κ1) is 35.4. The molecule has 0 amide bonds. The summed E-state index contributed by atoms with van der Waals surface area (Å²) in [6, 6.07) is 17.4. The van der Waals surface area contributed by atoms with Gasteiger partial charge in [0.15, 0.2) is 11.5 Å². The number of fused-ring (bicyclic) bond motifs is 2. The molecule has 0 aliphatic carbocycles. The summed E-state index contributed by atoms with van der Waals surface area (Å²) in [7, 11) is 0. The Morgan fingerprint density at radius 1 is 0.600 bits per heavy atom. The number of benzene rings is 2. The molecule has 0 N–H and O–H groups in total. The highest BCUT2D eigenvalue weighted by molar-refractivity contribution is 5.65. The van der Waals surface area contributed by atoms with E-state index in [2.05, 4.69) is 29.6 Å². The Labute approximate surface area is 273 Å². The van der Waals surface area contributed by atoms with Crippen molar-refractivity contribution < 1.29 is 53.4 Å². The van der Waals surface area contributed by atoms with E-state index in [4.69, 9.17) is 5.26 Å². The van der Waals surface area contributed by atoms with Crippen molar-refractivity contribution in [1.29, 1.82) is 5.26 Å². The zero-order valence-electron chi connectivity index (χ0n) is 25.2. The van der Waals surface area contributed by atoms with E-state index in [9.17, 15) is 43.9 Å². The average molecular weight is 712 g/mol. The average Bonchev–Trinajstić information content (AvgIpc) is 3.62. The first-order valence-electron chi connectivity index (χ1n) is 13.9. The van der Waals surface area contributed by atoms with Crippen LogP contribution < -0.4 is 9.47 Å². The van der Waals surface area contributed by atoms with Crippen molar-refractivity contribution in [2.24, 2.45) is 0 Å². The third kappa shape index (κ3) is 8.19. The lowest BCUT2D eigenvalue weighted by Crippen LogP contribution is -2.17. The SMILES string of the molecule is CC(F)(F)c1nc(C#N)c2ccc(-c3ccc(OC(F)(F)F)cc3)nn12.CC(F)(F)c1ncc2ccc(-c3ccc(OC(F)(F)F)cc3)nn12. The molecule has 9 nitrogen and oxygen atoms in total. The molecule has 0 bridgehead atoms. The minimum Gasteiger partial charge on any atom is -0.406 e. The topological polar surface area (TPSA) is 103 Å². The van der Waals surface area contributed by atoms with E-state index in [-0.39, 0.29) is 22.7 Å². The number of hydrogen-bond acceptors (Lipinski definition) is 7. The maximum absolute atomic E-state index is 13.7. The number of halogens is 10. The molecule has 2 aromatic carbocycles. The number of nitrogens with zero attached hydrogens (tertiary/aromatic N) is 7. The Morgan fingerprint density at radius 3 is 1.50 bits per heavy atom. The molecule has 0 aliphatic heterocycles. The quantitative estimate of drug-likeness (QED) is 0.159. The molecule has 0 saturated carbocycles. The van der Waals surface area contributed by atoms with Crippen LogP contribution in [0.15, 0.2) is 79.0 Å². The maximum atomic E-state index is 13.7. The van der Waals surface area contributed by atoms with Crippen molar-refractivity contribution in [3.05, 3.63) is 96.3 Å². The fourth-order valence-electron chi connectivity index (χ4n) is 4.49. The molecule has 6 rings (SSSR count). The second kappa shape index (κ2) is 12.8. The predicted molar refractivity (Wildman–Crippen MR) is 154 cm³/mol. The van der Waals surface area contributed by atoms with E-state index in [1.165, 1.54) is 42.6 Å². The third-order valence-corrected chi connectivity index (χ3v) is 6.54. The number of nitriles is 1. The lowest BCUT2D eigenvalue weighted by atomic mass is 10.1. The van der Waals surface area contributed by atoms with Crippen molar-refractivity contribution in [1.82, 2.24) is 29.2 Å². The zero-order valence-corrected chi connectivity index (χ0v) is 25.2. The number of ether oxygens (including phenoxy) is 2. The summed E-state index contributed by atoms with van der Waals surface area (Å²) < 4.78 is 137. The summed E-state index contributed by atoms with van der Waals surface area (Å²) in [5.74, 6) is -8.54. The summed E-state index contributed by atoms with van der Waals surface area (Å²) >= 11 is 0. The molecule has 0 saturated heterocycles. The number of rotatable bonds is 6. The minimum atomic E-state index is -4.81. The van der Waals surface area contributed by atoms with Gasteiger partial charge in [-0.15, -0.1) is 26.3 Å². The van der Waals surface area contributed by atoms with Crippen LogP contribution in [-0.2, 0) is 11.8 Å². The lowest BCUT2D eigenvalue weighted by molar-refractivity contribution is -0.275. The molecule has 19 heteroatoms. The Morgan fingerprint density at radius 2 is 1.06 bits per heavy atom. The summed E-state index contributed by atoms with van der Waals surface area (Å²) in [5, 5.41) is 17.2. The highest BCUT2D eigenvalue weighted by atomic mass is 19.4. The fourth-order valence-corrected chi connectivity index (χ4v) is 4.49. The van der Waals surface area contributed by atoms with Crippen LogP contribution in [0.25, 0.3) is 33.5 Å². The largest absolute Gasteiger partial charge is 0.573 e. The normalized spacial score (nSPS) is 12.4. The van der Waals surface area contributed by atoms with Crippen LogP contribution in [0.5, 0.6) is 11.5 Å². The Hall–Kier alpha value is -5.93. The Bertz CT molecular complexity index is 2170. The molecule has 0 radical (unpaired) electrons. The lowest BCUT2D eigenvalue weighted by Gasteiger charge is -2.10. The van der Waals surface area contributed by atoms with Gasteiger partial charge in [0.1, 0.15) is 23.1 Å². The van der Waals surface area contributed by atoms with Crippen LogP contribution >= 0.6 is 0 Å². The van der Waals surface area contributed by atoms with E-state index >= 15 is 0 Å². The van der Waals surface area contributed by atoms with Gasteiger partial charge in [-0.3, -0.25) is 0 Å². The molecule has 0 unspecified atom stereocenters. The molecule has 4 aromatic heterocycles. The highest BCUT2D eigenvalue weighted by Gasteiger charge is 2.34. The van der Waals surface area contributed by atoms with Gasteiger partial charge in [0.25, 0.3) is 0 Å². The summed E-state index contributed by atoms with van der Waals surface area (Å²) in [4.78, 5) is 7.27. The smallest absolute Gasteiger partial charge is 0.406 e. The zero-order chi connectivity index (χ0) is 36.6. The third-order valence-electron chi connectivity index (χ3n) is 6.54. The van der Waals surface area contributed by atoms with Gasteiger partial charge in [0.2, 0.25) is 5.82 Å². The molecule has 50 heavy (non-hydrogen) atoms. The Balaban J connectivity index is 0.000000195. The van der Waals surface area contributed by atoms with Gasteiger partial charge in [-0.1, -0.05) is 0 Å². The second-order valence-electron chi connectivity index (χ2n) is 10.5. The van der Waals surface area contributed by atoms with E-state index in [0.29, 0.717) is 36.2 Å². The molecule has 0 fully saturated rings. The van der Waals surface area contributed by atoms with Crippen molar-refractivity contribution in [3.63, 3.8) is 0 Å². The van der Waals surface area contributed by atoms with E-state index < -0.39 is 42.0 Å². The minimum absolute atomic E-state index is 0.102. The van der Waals surface area contributed by atoms with Crippen LogP contribution in [-0.4, -0.2) is 41.9 Å². The number of aromatic nitrogens is 6. The first-order chi connectivity index (χ1) is 23.2. The maximum Gasteiger partial charge on any atom is 0.573 e. The number of alkyl halides is 10. The van der Waals surface area contributed by atoms with E-state index in [1.807, 2.05) is 0 Å². The van der Waals surface area contributed by atoms with Crippen LogP contribution in [0.1, 0.15) is 31.2 Å². The molecule has 0 atom stereocenters. The number of imidazole rings is 2. The highest BCUT2D eigenvalue weighted by Crippen LogP contribution is 2.31. The van der Waals surface area contributed by atoms with Crippen LogP contribution in [0.4, 0.5) is 43.9 Å². The van der Waals surface area contributed by atoms with Gasteiger partial charge in [-0.2, -0.15) is 33.0 Å². The Kier molecular flexibility index (Phi) is 9.08. The summed E-state index contributed by atoms with van der Waals surface area (Å²) in [6.07, 6.45) is -8.33. The predicted octanol–water partition coefficient (Wildman–Crippen LogP) is 8.68. The van der Waals surface area contributed by atoms with Crippen molar-refractivity contribution >= 4 is 11.0 Å². The van der Waals surface area contributed by atoms with Gasteiger partial charge in [0.05, 0.1) is 23.1 Å². The van der Waals surface area contributed by atoms with Gasteiger partial charge in [-0.05, 0) is 72.8 Å². The van der Waals surface area contributed by atoms with Crippen LogP contribution in [0.3, 0.4) is 0 Å². The van der Waals surface area contributed by atoms with Crippen LogP contribution in [0.2, 0.25) is 0 Å². The molecule has 0 spiro atoms. The van der Waals surface area contributed by atoms with Crippen molar-refractivity contribution in [3.8, 4) is 40.1 Å². The number of hydrogen-bond donors (Lipinski definition) is 0. The molecule has 6 aromatic rings. The summed E-state index contributed by atoms with van der Waals surface area (Å²) in [6.45, 7) is 1.33. The van der Waals surface area contributed by atoms with Gasteiger partial charge >= 0.3 is 24.6 Å². The molecule has 260 valence electrons. The molecule has 0 aliphatic rings. The van der Waals surface area contributed by atoms with Crippen LogP contribution in [0, 0.1) is 11.3 Å². The van der Waals surface area contributed by atoms with Crippen molar-refractivity contribution in [2.75, 3.05) is 0 Å². The molecular formula is C31H19F10N7O2. The van der Waals surface area contributed by atoms with Crippen molar-refractivity contribution in [2.45, 2.75) is 38.4 Å². The molecular weight excluding hydrogens is 692 g/mol. The van der Waals surface area contributed by atoms with Gasteiger partial charge in [0, 0.05) is 25.0 Å². The standard InChI is InChI=1S/C16H9F5N4O.C15H10F5N3O/c1-15(17,18)14-23-12(8-22)13-7-6-11(24-25(13)14)9-2-4-10(5-3-9)26-16(19,20)21;1-14(16,17)13-21-8-10-4-7-12(22-23(10)13)9-2-5-11(6-3-9)24-15(18,19)20/h2-7H,1H3;2-8H,1H3. The fraction of sp³-hybridized carbons (Fsp3) is 0.194. The molecule has 4 heterocycles. The van der Waals surface area contributed by atoms with Gasteiger partial charge in [-0.25, -0.2) is 19.0 Å². The monoisotopic (exact) mass is 711 g/mol. The van der Waals surface area contributed by atoms with Gasteiger partial charge < -0.3 is 9.47 Å². The summed E-state index contributed by atoms with van der Waals surface area (Å²) in [5.41, 5.74) is 1.63. The van der Waals surface area contributed by atoms with E-state index in [1.54, 1.807) is 18.2 Å². The second-order valence-corrected chi connectivity index (χ2v) is 10.5. The van der Waals surface area contributed by atoms with E-state index in [0.717, 1.165) is 33.3 Å². The first-order valence-corrected chi connectivity index (χ1v) is 13.9.